The molecule has 31 heavy (non-hydrogen) atoms. The molecule has 6 nitrogen and oxygen atoms in total. The fraction of sp³-hybridized carbons (Fsp3) is 0.280. The number of pyridine rings is 2. The maximum Gasteiger partial charge on any atom is 0.303 e. The number of aliphatic carboxylic acids is 1. The van der Waals surface area contributed by atoms with Crippen molar-refractivity contribution in [2.24, 2.45) is 5.92 Å². The van der Waals surface area contributed by atoms with Crippen LogP contribution in [0.4, 0.5) is 5.69 Å². The van der Waals surface area contributed by atoms with Gasteiger partial charge in [-0.25, -0.2) is 0 Å². The van der Waals surface area contributed by atoms with Crippen molar-refractivity contribution in [2.75, 3.05) is 5.32 Å². The van der Waals surface area contributed by atoms with Crippen LogP contribution in [0.5, 0.6) is 0 Å². The van der Waals surface area contributed by atoms with Crippen LogP contribution in [0.25, 0.3) is 11.3 Å². The van der Waals surface area contributed by atoms with Crippen molar-refractivity contribution in [3.05, 3.63) is 78.2 Å². The average Bonchev–Trinajstić information content (AvgIpc) is 2.80. The Bertz CT molecular complexity index is 1030. The molecule has 0 radical (unpaired) electrons. The standard InChI is InChI=1S/C25H25N3O3/c29-24(30)15-17-4-6-18(7-5-17)19-8-10-20(11-9-19)22-13-12-21(16-27-22)28-25(31)23-3-1-2-14-26-23/h1-3,8-14,16-18H,4-7,15H2,(H,28,31)(H,29,30). The van der Waals surface area contributed by atoms with Gasteiger partial charge in [0, 0.05) is 18.2 Å². The van der Waals surface area contributed by atoms with Gasteiger partial charge in [-0.05, 0) is 67.3 Å². The molecule has 0 saturated heterocycles. The van der Waals surface area contributed by atoms with Crippen LogP contribution >= 0.6 is 0 Å². The largest absolute Gasteiger partial charge is 0.481 e. The van der Waals surface area contributed by atoms with Crippen molar-refractivity contribution < 1.29 is 14.7 Å². The highest BCUT2D eigenvalue weighted by atomic mass is 16.4. The molecule has 3 aromatic rings. The Kier molecular flexibility index (Phi) is 6.36. The van der Waals surface area contributed by atoms with Gasteiger partial charge in [-0.1, -0.05) is 30.3 Å². The zero-order valence-electron chi connectivity index (χ0n) is 17.2. The minimum atomic E-state index is -0.692. The molecule has 0 bridgehead atoms. The Hall–Kier alpha value is -3.54. The minimum absolute atomic E-state index is 0.266. The smallest absolute Gasteiger partial charge is 0.303 e. The monoisotopic (exact) mass is 415 g/mol. The number of nitrogens with one attached hydrogen (secondary N) is 1. The van der Waals surface area contributed by atoms with Crippen molar-refractivity contribution in [3.63, 3.8) is 0 Å². The highest BCUT2D eigenvalue weighted by Crippen LogP contribution is 2.37. The molecule has 2 heterocycles. The Balaban J connectivity index is 1.36. The lowest BCUT2D eigenvalue weighted by atomic mass is 9.77. The summed E-state index contributed by atoms with van der Waals surface area (Å²) in [6.07, 6.45) is 7.56. The second-order valence-electron chi connectivity index (χ2n) is 8.04. The van der Waals surface area contributed by atoms with E-state index in [1.807, 2.05) is 12.1 Å². The van der Waals surface area contributed by atoms with Crippen LogP contribution in [0, 0.1) is 5.92 Å². The maximum atomic E-state index is 12.2. The van der Waals surface area contributed by atoms with Gasteiger partial charge in [0.2, 0.25) is 0 Å². The second-order valence-corrected chi connectivity index (χ2v) is 8.04. The summed E-state index contributed by atoms with van der Waals surface area (Å²) in [7, 11) is 0. The Morgan fingerprint density at radius 1 is 0.935 bits per heavy atom. The topological polar surface area (TPSA) is 92.2 Å². The fourth-order valence-corrected chi connectivity index (χ4v) is 4.20. The quantitative estimate of drug-likeness (QED) is 0.581. The van der Waals surface area contributed by atoms with E-state index in [0.29, 0.717) is 23.2 Å². The van der Waals surface area contributed by atoms with E-state index in [0.717, 1.165) is 36.9 Å². The second kappa shape index (κ2) is 9.51. The van der Waals surface area contributed by atoms with Crippen LogP contribution in [-0.4, -0.2) is 27.0 Å². The maximum absolute atomic E-state index is 12.2. The van der Waals surface area contributed by atoms with Crippen LogP contribution < -0.4 is 5.32 Å². The third-order valence-electron chi connectivity index (χ3n) is 5.91. The molecule has 1 aromatic carbocycles. The van der Waals surface area contributed by atoms with E-state index in [2.05, 4.69) is 39.6 Å². The van der Waals surface area contributed by atoms with Crippen LogP contribution in [0.1, 0.15) is 54.1 Å². The first-order valence-corrected chi connectivity index (χ1v) is 10.6. The summed E-state index contributed by atoms with van der Waals surface area (Å²) in [6.45, 7) is 0. The third-order valence-corrected chi connectivity index (χ3v) is 5.91. The molecular weight excluding hydrogens is 390 g/mol. The first-order chi connectivity index (χ1) is 15.1. The highest BCUT2D eigenvalue weighted by Gasteiger charge is 2.24. The number of amides is 1. The van der Waals surface area contributed by atoms with E-state index in [1.165, 1.54) is 5.56 Å². The molecule has 1 aliphatic rings. The number of benzene rings is 1. The van der Waals surface area contributed by atoms with E-state index in [1.54, 1.807) is 30.6 Å². The number of anilines is 1. The van der Waals surface area contributed by atoms with Crippen molar-refractivity contribution >= 4 is 17.6 Å². The first-order valence-electron chi connectivity index (χ1n) is 10.6. The molecular formula is C25H25N3O3. The van der Waals surface area contributed by atoms with Crippen LogP contribution in [0.2, 0.25) is 0 Å². The molecule has 4 rings (SSSR count). The van der Waals surface area contributed by atoms with E-state index in [4.69, 9.17) is 5.11 Å². The Labute approximate surface area is 181 Å². The Morgan fingerprint density at radius 2 is 1.71 bits per heavy atom. The van der Waals surface area contributed by atoms with E-state index >= 15 is 0 Å². The molecule has 1 aliphatic carbocycles. The summed E-state index contributed by atoms with van der Waals surface area (Å²) in [5.74, 6) is -0.148. The number of nitrogens with zero attached hydrogens (tertiary/aromatic N) is 2. The normalized spacial score (nSPS) is 18.3. The number of carbonyl (C=O) groups excluding carboxylic acids is 1. The SMILES string of the molecule is O=C(O)CC1CCC(c2ccc(-c3ccc(NC(=O)c4ccccn4)cn3)cc2)CC1. The number of carbonyl (C=O) groups is 2. The molecule has 1 saturated carbocycles. The molecule has 0 unspecified atom stereocenters. The summed E-state index contributed by atoms with van der Waals surface area (Å²) in [4.78, 5) is 31.6. The molecule has 6 heteroatoms. The number of hydrogen-bond acceptors (Lipinski definition) is 4. The summed E-state index contributed by atoms with van der Waals surface area (Å²) in [5, 5.41) is 11.8. The molecule has 0 aliphatic heterocycles. The van der Waals surface area contributed by atoms with E-state index in [-0.39, 0.29) is 12.3 Å². The van der Waals surface area contributed by atoms with Crippen molar-refractivity contribution in [2.45, 2.75) is 38.0 Å². The molecule has 1 amide bonds. The highest BCUT2D eigenvalue weighted by molar-refractivity contribution is 6.02. The lowest BCUT2D eigenvalue weighted by Gasteiger charge is -2.28. The molecule has 158 valence electrons. The van der Waals surface area contributed by atoms with Crippen LogP contribution in [0.15, 0.2) is 67.0 Å². The zero-order valence-corrected chi connectivity index (χ0v) is 17.2. The number of carboxylic acids is 1. The lowest BCUT2D eigenvalue weighted by molar-refractivity contribution is -0.138. The van der Waals surface area contributed by atoms with Gasteiger partial charge >= 0.3 is 5.97 Å². The number of carboxylic acid groups (broad SMARTS) is 1. The van der Waals surface area contributed by atoms with E-state index in [9.17, 15) is 9.59 Å². The third kappa shape index (κ3) is 5.34. The van der Waals surface area contributed by atoms with Crippen molar-refractivity contribution in [1.29, 1.82) is 0 Å². The zero-order chi connectivity index (χ0) is 21.6. The predicted octanol–water partition coefficient (Wildman–Crippen LogP) is 5.14. The number of hydrogen-bond donors (Lipinski definition) is 2. The van der Waals surface area contributed by atoms with Crippen molar-refractivity contribution in [1.82, 2.24) is 9.97 Å². The summed E-state index contributed by atoms with van der Waals surface area (Å²) >= 11 is 0. The fourth-order valence-electron chi connectivity index (χ4n) is 4.20. The predicted molar refractivity (Wildman–Crippen MR) is 119 cm³/mol. The summed E-state index contributed by atoms with van der Waals surface area (Å²) < 4.78 is 0. The van der Waals surface area contributed by atoms with Crippen LogP contribution in [-0.2, 0) is 4.79 Å². The molecule has 1 fully saturated rings. The average molecular weight is 415 g/mol. The van der Waals surface area contributed by atoms with Gasteiger partial charge in [0.15, 0.2) is 0 Å². The number of rotatable bonds is 6. The first kappa shape index (κ1) is 20.7. The van der Waals surface area contributed by atoms with E-state index < -0.39 is 5.97 Å². The van der Waals surface area contributed by atoms with Gasteiger partial charge in [0.25, 0.3) is 5.91 Å². The summed E-state index contributed by atoms with van der Waals surface area (Å²) in [5.41, 5.74) is 4.14. The van der Waals surface area contributed by atoms with Gasteiger partial charge in [-0.15, -0.1) is 0 Å². The number of aromatic nitrogens is 2. The lowest BCUT2D eigenvalue weighted by Crippen LogP contribution is -2.16. The van der Waals surface area contributed by atoms with Gasteiger partial charge < -0.3 is 10.4 Å². The van der Waals surface area contributed by atoms with Gasteiger partial charge in [0.1, 0.15) is 5.69 Å². The van der Waals surface area contributed by atoms with Crippen LogP contribution in [0.3, 0.4) is 0 Å². The summed E-state index contributed by atoms with van der Waals surface area (Å²) in [6, 6.07) is 17.4. The molecule has 0 spiro atoms. The van der Waals surface area contributed by atoms with Gasteiger partial charge in [-0.3, -0.25) is 19.6 Å². The molecule has 0 atom stereocenters. The van der Waals surface area contributed by atoms with Gasteiger partial charge in [-0.2, -0.15) is 0 Å². The van der Waals surface area contributed by atoms with Gasteiger partial charge in [0.05, 0.1) is 17.6 Å². The minimum Gasteiger partial charge on any atom is -0.481 e. The molecule has 2 N–H and O–H groups in total. The molecule has 2 aromatic heterocycles. The van der Waals surface area contributed by atoms with Crippen molar-refractivity contribution in [3.8, 4) is 11.3 Å². The Morgan fingerprint density at radius 3 is 2.32 bits per heavy atom.